The van der Waals surface area contributed by atoms with Gasteiger partial charge in [0.2, 0.25) is 5.91 Å². The fraction of sp³-hybridized carbons (Fsp3) is 0.318. The van der Waals surface area contributed by atoms with Crippen LogP contribution < -0.4 is 11.1 Å². The van der Waals surface area contributed by atoms with E-state index in [1.807, 2.05) is 0 Å². The first-order valence-electron chi connectivity index (χ1n) is 12.3. The summed E-state index contributed by atoms with van der Waals surface area (Å²) in [5.41, 5.74) is 4.04. The van der Waals surface area contributed by atoms with Crippen LogP contribution in [0, 0.1) is 5.82 Å². The first-order chi connectivity index (χ1) is 18.9. The summed E-state index contributed by atoms with van der Waals surface area (Å²) in [7, 11) is 0. The molecule has 1 aliphatic heterocycles. The Morgan fingerprint density at radius 3 is 2.47 bits per heavy atom. The van der Waals surface area contributed by atoms with E-state index in [9.17, 15) is 31.1 Å². The number of fused-ring (bicyclic) bond motifs is 2. The Kier molecular flexibility index (Phi) is 4.75. The molecule has 0 saturated carbocycles. The normalized spacial score (nSPS) is 19.1. The molecule has 198 valence electrons. The molecule has 10 nitrogen and oxygen atoms in total. The average Bonchev–Trinajstić information content (AvgIpc) is 3.41. The van der Waals surface area contributed by atoms with Gasteiger partial charge in [0.1, 0.15) is 34.4 Å². The van der Waals surface area contributed by atoms with Crippen LogP contribution in [0.5, 0.6) is 0 Å². The Hall–Kier alpha value is -4.37. The molecular weight excluding hydrogens is 520 g/mol. The van der Waals surface area contributed by atoms with Crippen LogP contribution in [0.25, 0.3) is 22.7 Å². The average molecular weight is 540 g/mol. The monoisotopic (exact) mass is 540 g/mol. The third-order valence-corrected chi connectivity index (χ3v) is 6.18. The number of nitrogens with two attached hydrogens (primary N) is 1. The van der Waals surface area contributed by atoms with Gasteiger partial charge in [0, 0.05) is 23.9 Å². The van der Waals surface area contributed by atoms with E-state index < -0.39 is 60.5 Å². The lowest BCUT2D eigenvalue weighted by Crippen LogP contribution is -2.36. The van der Waals surface area contributed by atoms with Crippen molar-refractivity contribution in [2.75, 3.05) is 11.1 Å². The molecule has 1 amide bonds. The lowest BCUT2D eigenvalue weighted by molar-refractivity contribution is -0.284. The number of hydrogen-bond donors (Lipinski definition) is 2. The second-order valence-electron chi connectivity index (χ2n) is 8.61. The molecule has 0 saturated heterocycles. The molecule has 0 fully saturated rings. The van der Waals surface area contributed by atoms with E-state index >= 15 is 0 Å². The van der Waals surface area contributed by atoms with Gasteiger partial charge in [-0.1, -0.05) is 17.3 Å². The summed E-state index contributed by atoms with van der Waals surface area (Å²) in [4.78, 5) is 29.3. The van der Waals surface area contributed by atoms with Crippen LogP contribution in [0.3, 0.4) is 0 Å². The second kappa shape index (κ2) is 8.32. The summed E-state index contributed by atoms with van der Waals surface area (Å²) in [5, 5.41) is 9.78. The molecule has 3 aromatic heterocycles. The minimum Gasteiger partial charge on any atom is -0.383 e. The predicted octanol–water partition coefficient (Wildman–Crippen LogP) is 3.32. The molecule has 5 rings (SSSR count). The Labute approximate surface area is 213 Å². The molecule has 4 aromatic rings. The van der Waals surface area contributed by atoms with E-state index in [2.05, 4.69) is 35.6 Å². The van der Waals surface area contributed by atoms with E-state index in [0.29, 0.717) is 10.2 Å². The van der Waals surface area contributed by atoms with Crippen molar-refractivity contribution in [2.45, 2.75) is 37.3 Å². The van der Waals surface area contributed by atoms with Crippen LogP contribution in [0.15, 0.2) is 24.3 Å². The summed E-state index contributed by atoms with van der Waals surface area (Å²) < 4.78 is 102. The summed E-state index contributed by atoms with van der Waals surface area (Å²) in [6.07, 6.45) is -8.60. The molecule has 0 radical (unpaired) electrons. The van der Waals surface area contributed by atoms with Crippen molar-refractivity contribution in [2.24, 2.45) is 6.98 Å². The highest BCUT2D eigenvalue weighted by Gasteiger charge is 2.56. The number of nitrogen functional groups attached to an aromatic ring is 1. The van der Waals surface area contributed by atoms with E-state index in [1.54, 1.807) is 0 Å². The number of alkyl halides is 5. The van der Waals surface area contributed by atoms with Crippen molar-refractivity contribution in [1.82, 2.24) is 34.9 Å². The smallest absolute Gasteiger partial charge is 0.383 e. The maximum atomic E-state index is 13.6. The number of hydrogen-bond acceptors (Lipinski definition) is 8. The van der Waals surface area contributed by atoms with Gasteiger partial charge < -0.3 is 11.1 Å². The topological polar surface area (TPSA) is 137 Å². The first kappa shape index (κ1) is 21.7. The van der Waals surface area contributed by atoms with Crippen molar-refractivity contribution in [3.63, 3.8) is 0 Å². The number of amides is 1. The number of nitrogens with zero attached hydrogens (tertiary/aromatic N) is 7. The van der Waals surface area contributed by atoms with Crippen molar-refractivity contribution >= 4 is 28.7 Å². The fourth-order valence-corrected chi connectivity index (χ4v) is 4.11. The third kappa shape index (κ3) is 3.86. The standard InChI is InChI=1S/C22H17F6N9O/c1-20(9-3-5-10(23)6-4-9)12-15(29)32-17(33-16(12)34-19(20)38)13-14-18(37(2)36-35-14)31-11(30-13)7-8-21(24,25)22(26,27)28/h3-6H,7-8H2,1-2H3,(H3,29,32,33,34,38)/i2D3. The second-order valence-corrected chi connectivity index (χ2v) is 8.61. The number of aromatic nitrogens is 7. The highest BCUT2D eigenvalue weighted by atomic mass is 19.4. The molecule has 1 atom stereocenters. The summed E-state index contributed by atoms with van der Waals surface area (Å²) in [5.74, 6) is -7.55. The van der Waals surface area contributed by atoms with E-state index in [0.717, 1.165) is 12.1 Å². The van der Waals surface area contributed by atoms with Crippen LogP contribution in [0.2, 0.25) is 0 Å². The predicted molar refractivity (Wildman–Crippen MR) is 120 cm³/mol. The number of anilines is 2. The molecule has 1 aliphatic rings. The molecule has 1 aromatic carbocycles. The van der Waals surface area contributed by atoms with Crippen LogP contribution in [-0.4, -0.2) is 52.9 Å². The van der Waals surface area contributed by atoms with Gasteiger partial charge in [-0.15, -0.1) is 5.10 Å². The fourth-order valence-electron chi connectivity index (χ4n) is 4.11. The van der Waals surface area contributed by atoms with Gasteiger partial charge in [0.25, 0.3) is 0 Å². The zero-order valence-electron chi connectivity index (χ0n) is 22.1. The Morgan fingerprint density at radius 1 is 1.11 bits per heavy atom. The highest BCUT2D eigenvalue weighted by Crippen LogP contribution is 2.45. The molecule has 38 heavy (non-hydrogen) atoms. The summed E-state index contributed by atoms with van der Waals surface area (Å²) in [6, 6.07) is 5.04. The summed E-state index contributed by atoms with van der Waals surface area (Å²) in [6.45, 7) is -1.46. The van der Waals surface area contributed by atoms with Gasteiger partial charge in [0.05, 0.1) is 5.56 Å². The largest absolute Gasteiger partial charge is 0.453 e. The summed E-state index contributed by atoms with van der Waals surface area (Å²) >= 11 is 0. The zero-order chi connectivity index (χ0) is 30.1. The van der Waals surface area contributed by atoms with Gasteiger partial charge in [-0.2, -0.15) is 22.0 Å². The number of rotatable bonds is 5. The minimum atomic E-state index is -5.84. The van der Waals surface area contributed by atoms with Crippen molar-refractivity contribution in [1.29, 1.82) is 0 Å². The van der Waals surface area contributed by atoms with Crippen LogP contribution >= 0.6 is 0 Å². The van der Waals surface area contributed by atoms with Crippen LogP contribution in [0.4, 0.5) is 38.0 Å². The van der Waals surface area contributed by atoms with Crippen LogP contribution in [0.1, 0.15) is 34.4 Å². The molecule has 0 aliphatic carbocycles. The van der Waals surface area contributed by atoms with E-state index in [-0.39, 0.29) is 34.2 Å². The van der Waals surface area contributed by atoms with E-state index in [4.69, 9.17) is 9.85 Å². The van der Waals surface area contributed by atoms with E-state index in [1.165, 1.54) is 19.1 Å². The van der Waals surface area contributed by atoms with Gasteiger partial charge in [0.15, 0.2) is 17.0 Å². The van der Waals surface area contributed by atoms with Gasteiger partial charge in [-0.05, 0) is 24.6 Å². The third-order valence-electron chi connectivity index (χ3n) is 6.18. The lowest BCUT2D eigenvalue weighted by Gasteiger charge is -2.23. The Morgan fingerprint density at radius 2 is 1.82 bits per heavy atom. The maximum absolute atomic E-state index is 13.6. The minimum absolute atomic E-state index is 0.0931. The SMILES string of the molecule is [2H]C([2H])([2H])n1nnc2c(-c3nc(N)c4c(n3)NC(=O)C4(C)c3ccc(F)cc3)nc(CCC(F)(F)C(F)(F)F)nc21. The number of halogens is 6. The van der Waals surface area contributed by atoms with Crippen molar-refractivity contribution in [3.05, 3.63) is 47.0 Å². The van der Waals surface area contributed by atoms with Crippen molar-refractivity contribution < 1.29 is 35.2 Å². The van der Waals surface area contributed by atoms with Crippen LogP contribution in [-0.2, 0) is 23.6 Å². The number of carbonyl (C=O) groups excluding carboxylic acids is 1. The number of nitrogens with one attached hydrogen (secondary N) is 1. The Balaban J connectivity index is 1.66. The molecule has 16 heteroatoms. The number of benzene rings is 1. The molecule has 0 bridgehead atoms. The molecule has 3 N–H and O–H groups in total. The first-order valence-corrected chi connectivity index (χ1v) is 10.8. The maximum Gasteiger partial charge on any atom is 0.453 e. The number of aryl methyl sites for hydroxylation is 2. The Bertz CT molecular complexity index is 1690. The van der Waals surface area contributed by atoms with Gasteiger partial charge in [-0.3, -0.25) is 4.79 Å². The lowest BCUT2D eigenvalue weighted by atomic mass is 9.78. The molecular formula is C22H17F6N9O. The van der Waals surface area contributed by atoms with Crippen molar-refractivity contribution in [3.8, 4) is 11.5 Å². The quantitative estimate of drug-likeness (QED) is 0.368. The number of carbonyl (C=O) groups is 1. The molecule has 0 spiro atoms. The molecule has 4 heterocycles. The van der Waals surface area contributed by atoms with Gasteiger partial charge >= 0.3 is 12.1 Å². The highest BCUT2D eigenvalue weighted by molar-refractivity contribution is 6.09. The van der Waals surface area contributed by atoms with Gasteiger partial charge in [-0.25, -0.2) is 29.0 Å². The molecule has 1 unspecified atom stereocenters. The zero-order valence-corrected chi connectivity index (χ0v) is 19.1.